The van der Waals surface area contributed by atoms with Crippen LogP contribution in [-0.4, -0.2) is 18.0 Å². The Morgan fingerprint density at radius 1 is 1.33 bits per heavy atom. The standard InChI is InChI=1S/C15H18O2S/c1-11-9-14(10-12(2)15(11)17-4)7-5-6-8-18-13(3)16/h9-10H,6,8H2,1-4H3. The Hall–Kier alpha value is -1.40. The van der Waals surface area contributed by atoms with Gasteiger partial charge in [-0.15, -0.1) is 0 Å². The van der Waals surface area contributed by atoms with E-state index in [-0.39, 0.29) is 5.12 Å². The lowest BCUT2D eigenvalue weighted by Crippen LogP contribution is -1.92. The van der Waals surface area contributed by atoms with Crippen molar-refractivity contribution >= 4 is 16.9 Å². The van der Waals surface area contributed by atoms with Crippen LogP contribution >= 0.6 is 11.8 Å². The SMILES string of the molecule is COc1c(C)cc(C#CCCSC(C)=O)cc1C. The molecule has 0 amide bonds. The van der Waals surface area contributed by atoms with Crippen molar-refractivity contribution in [2.75, 3.05) is 12.9 Å². The number of thioether (sulfide) groups is 1. The Balaban J connectivity index is 2.69. The summed E-state index contributed by atoms with van der Waals surface area (Å²) >= 11 is 1.32. The van der Waals surface area contributed by atoms with Crippen molar-refractivity contribution < 1.29 is 9.53 Å². The molecule has 0 bridgehead atoms. The van der Waals surface area contributed by atoms with E-state index in [9.17, 15) is 4.79 Å². The highest BCUT2D eigenvalue weighted by molar-refractivity contribution is 8.13. The molecule has 0 spiro atoms. The number of aryl methyl sites for hydroxylation is 2. The number of methoxy groups -OCH3 is 1. The Morgan fingerprint density at radius 3 is 2.44 bits per heavy atom. The monoisotopic (exact) mass is 262 g/mol. The lowest BCUT2D eigenvalue weighted by Gasteiger charge is -2.08. The Labute approximate surface area is 113 Å². The van der Waals surface area contributed by atoms with Crippen molar-refractivity contribution in [2.45, 2.75) is 27.2 Å². The minimum Gasteiger partial charge on any atom is -0.496 e. The average Bonchev–Trinajstić information content (AvgIpc) is 2.27. The van der Waals surface area contributed by atoms with E-state index in [1.807, 2.05) is 26.0 Å². The van der Waals surface area contributed by atoms with Crippen LogP contribution in [0.2, 0.25) is 0 Å². The maximum absolute atomic E-state index is 10.7. The van der Waals surface area contributed by atoms with Gasteiger partial charge in [-0.1, -0.05) is 23.6 Å². The molecule has 2 nitrogen and oxygen atoms in total. The molecule has 0 heterocycles. The first-order chi connectivity index (χ1) is 8.54. The second kappa shape index (κ2) is 7.13. The minimum atomic E-state index is 0.146. The number of carbonyl (C=O) groups excluding carboxylic acids is 1. The van der Waals surface area contributed by atoms with Gasteiger partial charge in [0, 0.05) is 24.7 Å². The molecule has 0 aliphatic rings. The topological polar surface area (TPSA) is 26.3 Å². The van der Waals surface area contributed by atoms with Crippen LogP contribution in [0.5, 0.6) is 5.75 Å². The molecule has 3 heteroatoms. The highest BCUT2D eigenvalue weighted by atomic mass is 32.2. The van der Waals surface area contributed by atoms with Gasteiger partial charge in [-0.25, -0.2) is 0 Å². The van der Waals surface area contributed by atoms with E-state index >= 15 is 0 Å². The van der Waals surface area contributed by atoms with Crippen molar-refractivity contribution in [3.8, 4) is 17.6 Å². The summed E-state index contributed by atoms with van der Waals surface area (Å²) in [5.41, 5.74) is 3.19. The molecule has 96 valence electrons. The fourth-order valence-corrected chi connectivity index (χ4v) is 2.25. The van der Waals surface area contributed by atoms with E-state index in [0.717, 1.165) is 34.6 Å². The summed E-state index contributed by atoms with van der Waals surface area (Å²) in [4.78, 5) is 10.7. The van der Waals surface area contributed by atoms with Crippen molar-refractivity contribution in [1.29, 1.82) is 0 Å². The molecule has 0 fully saturated rings. The first kappa shape index (κ1) is 14.7. The van der Waals surface area contributed by atoms with Gasteiger partial charge in [0.2, 0.25) is 0 Å². The van der Waals surface area contributed by atoms with Crippen LogP contribution in [0.1, 0.15) is 30.0 Å². The molecular weight excluding hydrogens is 244 g/mol. The van der Waals surface area contributed by atoms with Gasteiger partial charge >= 0.3 is 0 Å². The minimum absolute atomic E-state index is 0.146. The van der Waals surface area contributed by atoms with E-state index in [2.05, 4.69) is 11.8 Å². The molecule has 0 unspecified atom stereocenters. The summed E-state index contributed by atoms with van der Waals surface area (Å²) < 4.78 is 5.31. The van der Waals surface area contributed by atoms with Gasteiger partial charge < -0.3 is 4.74 Å². The molecule has 18 heavy (non-hydrogen) atoms. The number of hydrogen-bond acceptors (Lipinski definition) is 3. The lowest BCUT2D eigenvalue weighted by molar-refractivity contribution is -0.109. The second-order valence-electron chi connectivity index (χ2n) is 4.04. The largest absolute Gasteiger partial charge is 0.496 e. The van der Waals surface area contributed by atoms with Crippen LogP contribution in [-0.2, 0) is 4.79 Å². The van der Waals surface area contributed by atoms with Crippen molar-refractivity contribution in [3.63, 3.8) is 0 Å². The zero-order valence-corrected chi connectivity index (χ0v) is 12.1. The van der Waals surface area contributed by atoms with E-state index in [1.165, 1.54) is 11.8 Å². The van der Waals surface area contributed by atoms with Crippen LogP contribution in [0.25, 0.3) is 0 Å². The zero-order chi connectivity index (χ0) is 13.5. The molecule has 1 aromatic carbocycles. The zero-order valence-electron chi connectivity index (χ0n) is 11.3. The molecule has 0 aromatic heterocycles. The summed E-state index contributed by atoms with van der Waals surface area (Å²) in [7, 11) is 1.68. The molecule has 1 aromatic rings. The van der Waals surface area contributed by atoms with Crippen molar-refractivity contribution in [3.05, 3.63) is 28.8 Å². The molecule has 0 radical (unpaired) electrons. The molecule has 0 aliphatic carbocycles. The van der Waals surface area contributed by atoms with Gasteiger partial charge in [-0.05, 0) is 37.1 Å². The number of ether oxygens (including phenoxy) is 1. The molecule has 0 aliphatic heterocycles. The Kier molecular flexibility index (Phi) is 5.80. The number of benzene rings is 1. The Morgan fingerprint density at radius 2 is 1.94 bits per heavy atom. The summed E-state index contributed by atoms with van der Waals surface area (Å²) in [6.07, 6.45) is 0.731. The van der Waals surface area contributed by atoms with Gasteiger partial charge in [0.15, 0.2) is 5.12 Å². The fraction of sp³-hybridized carbons (Fsp3) is 0.400. The third kappa shape index (κ3) is 4.46. The summed E-state index contributed by atoms with van der Waals surface area (Å²) in [6, 6.07) is 4.05. The highest BCUT2D eigenvalue weighted by Gasteiger charge is 2.03. The molecule has 0 saturated carbocycles. The maximum Gasteiger partial charge on any atom is 0.185 e. The van der Waals surface area contributed by atoms with Crippen LogP contribution in [0.3, 0.4) is 0 Å². The summed E-state index contributed by atoms with van der Waals surface area (Å²) in [6.45, 7) is 5.61. The van der Waals surface area contributed by atoms with E-state index in [1.54, 1.807) is 14.0 Å². The number of hydrogen-bond donors (Lipinski definition) is 0. The smallest absolute Gasteiger partial charge is 0.185 e. The van der Waals surface area contributed by atoms with Gasteiger partial charge in [-0.2, -0.15) is 0 Å². The molecule has 0 atom stereocenters. The maximum atomic E-state index is 10.7. The van der Waals surface area contributed by atoms with Crippen LogP contribution < -0.4 is 4.74 Å². The van der Waals surface area contributed by atoms with Gasteiger partial charge in [0.05, 0.1) is 7.11 Å². The second-order valence-corrected chi connectivity index (χ2v) is 5.31. The summed E-state index contributed by atoms with van der Waals surface area (Å²) in [5, 5.41) is 0.146. The van der Waals surface area contributed by atoms with Gasteiger partial charge in [-0.3, -0.25) is 4.79 Å². The number of carbonyl (C=O) groups is 1. The third-order valence-corrected chi connectivity index (χ3v) is 3.24. The Bertz CT molecular complexity index is 472. The average molecular weight is 262 g/mol. The van der Waals surface area contributed by atoms with Crippen LogP contribution in [0.15, 0.2) is 12.1 Å². The normalized spacial score (nSPS) is 9.56. The van der Waals surface area contributed by atoms with E-state index < -0.39 is 0 Å². The molecule has 0 saturated heterocycles. The molecule has 0 N–H and O–H groups in total. The predicted molar refractivity (Wildman–Crippen MR) is 77.1 cm³/mol. The van der Waals surface area contributed by atoms with Gasteiger partial charge in [0.25, 0.3) is 0 Å². The first-order valence-electron chi connectivity index (χ1n) is 5.82. The van der Waals surface area contributed by atoms with E-state index in [0.29, 0.717) is 0 Å². The first-order valence-corrected chi connectivity index (χ1v) is 6.80. The van der Waals surface area contributed by atoms with Gasteiger partial charge in [0.1, 0.15) is 5.75 Å². The van der Waals surface area contributed by atoms with Crippen LogP contribution in [0, 0.1) is 25.7 Å². The quantitative estimate of drug-likeness (QED) is 0.617. The molecular formula is C15H18O2S. The van der Waals surface area contributed by atoms with E-state index in [4.69, 9.17) is 4.74 Å². The number of rotatable bonds is 3. The van der Waals surface area contributed by atoms with Crippen molar-refractivity contribution in [2.24, 2.45) is 0 Å². The lowest BCUT2D eigenvalue weighted by atomic mass is 10.1. The van der Waals surface area contributed by atoms with Crippen LogP contribution in [0.4, 0.5) is 0 Å². The summed E-state index contributed by atoms with van der Waals surface area (Å²) in [5.74, 6) is 7.89. The fourth-order valence-electron chi connectivity index (χ4n) is 1.75. The third-order valence-electron chi connectivity index (χ3n) is 2.43. The van der Waals surface area contributed by atoms with Crippen molar-refractivity contribution in [1.82, 2.24) is 0 Å². The molecule has 1 rings (SSSR count). The predicted octanol–water partition coefficient (Wildman–Crippen LogP) is 3.33. The highest BCUT2D eigenvalue weighted by Crippen LogP contribution is 2.23.